The minimum absolute atomic E-state index is 0.119. The second kappa shape index (κ2) is 5.28. The molecule has 0 unspecified atom stereocenters. The summed E-state index contributed by atoms with van der Waals surface area (Å²) in [6.07, 6.45) is 3.09. The first kappa shape index (κ1) is 12.6. The molecule has 1 amide bonds. The zero-order valence-corrected chi connectivity index (χ0v) is 11.1. The number of aryl methyl sites for hydroxylation is 1. The van der Waals surface area contributed by atoms with Gasteiger partial charge in [-0.2, -0.15) is 0 Å². The number of hydrogen-bond acceptors (Lipinski definition) is 4. The summed E-state index contributed by atoms with van der Waals surface area (Å²) in [6, 6.07) is 11.3. The average Bonchev–Trinajstić information content (AvgIpc) is 2.69. The van der Waals surface area contributed by atoms with E-state index in [4.69, 9.17) is 5.73 Å². The zero-order chi connectivity index (χ0) is 13.9. The number of para-hydroxylation sites is 1. The number of hydrogen-bond donors (Lipinski definition) is 1. The second-order valence-electron chi connectivity index (χ2n) is 4.89. The van der Waals surface area contributed by atoms with Crippen LogP contribution in [0.5, 0.6) is 0 Å². The molecule has 0 aliphatic carbocycles. The third-order valence-corrected chi connectivity index (χ3v) is 3.51. The van der Waals surface area contributed by atoms with Gasteiger partial charge in [0, 0.05) is 12.2 Å². The third kappa shape index (κ3) is 2.34. The van der Waals surface area contributed by atoms with Gasteiger partial charge in [0.15, 0.2) is 5.69 Å². The largest absolute Gasteiger partial charge is 0.382 e. The molecule has 2 N–H and O–H groups in total. The van der Waals surface area contributed by atoms with Crippen LogP contribution >= 0.6 is 0 Å². The maximum absolute atomic E-state index is 12.6. The van der Waals surface area contributed by atoms with Gasteiger partial charge < -0.3 is 10.6 Å². The number of nitrogens with two attached hydrogens (primary N) is 1. The van der Waals surface area contributed by atoms with Gasteiger partial charge in [0.1, 0.15) is 5.82 Å². The summed E-state index contributed by atoms with van der Waals surface area (Å²) in [4.78, 5) is 14.4. The molecule has 3 rings (SSSR count). The Balaban J connectivity index is 1.97. The van der Waals surface area contributed by atoms with Crippen molar-refractivity contribution in [2.75, 3.05) is 17.2 Å². The summed E-state index contributed by atoms with van der Waals surface area (Å²) in [5.74, 6) is 0.199. The summed E-state index contributed by atoms with van der Waals surface area (Å²) in [5, 5.41) is 7.65. The molecule has 5 heteroatoms. The van der Waals surface area contributed by atoms with Crippen molar-refractivity contribution in [2.24, 2.45) is 0 Å². The lowest BCUT2D eigenvalue weighted by molar-refractivity contribution is 0.0981. The molecule has 0 fully saturated rings. The molecule has 102 valence electrons. The smallest absolute Gasteiger partial charge is 0.278 e. The van der Waals surface area contributed by atoms with Crippen molar-refractivity contribution in [1.82, 2.24) is 10.2 Å². The number of rotatable bonds is 1. The van der Waals surface area contributed by atoms with Crippen LogP contribution in [0, 0.1) is 0 Å². The van der Waals surface area contributed by atoms with E-state index in [1.54, 1.807) is 17.0 Å². The molecule has 20 heavy (non-hydrogen) atoms. The van der Waals surface area contributed by atoms with Gasteiger partial charge in [0.2, 0.25) is 0 Å². The topological polar surface area (TPSA) is 72.1 Å². The van der Waals surface area contributed by atoms with E-state index in [0.29, 0.717) is 18.1 Å². The summed E-state index contributed by atoms with van der Waals surface area (Å²) in [5.41, 5.74) is 8.03. The molecule has 1 aromatic heterocycles. The Morgan fingerprint density at radius 3 is 2.75 bits per heavy atom. The summed E-state index contributed by atoms with van der Waals surface area (Å²) >= 11 is 0. The minimum Gasteiger partial charge on any atom is -0.382 e. The zero-order valence-electron chi connectivity index (χ0n) is 11.1. The van der Waals surface area contributed by atoms with Gasteiger partial charge in [-0.15, -0.1) is 10.2 Å². The van der Waals surface area contributed by atoms with E-state index in [1.807, 2.05) is 18.2 Å². The monoisotopic (exact) mass is 268 g/mol. The van der Waals surface area contributed by atoms with Crippen LogP contribution in [0.4, 0.5) is 11.5 Å². The highest BCUT2D eigenvalue weighted by Crippen LogP contribution is 2.27. The fourth-order valence-electron chi connectivity index (χ4n) is 2.50. The van der Waals surface area contributed by atoms with Crippen LogP contribution in [0.3, 0.4) is 0 Å². The quantitative estimate of drug-likeness (QED) is 0.859. The van der Waals surface area contributed by atoms with Crippen LogP contribution in [0.15, 0.2) is 36.4 Å². The Kier molecular flexibility index (Phi) is 3.33. The Labute approximate surface area is 117 Å². The maximum Gasteiger partial charge on any atom is 0.278 e. The van der Waals surface area contributed by atoms with Gasteiger partial charge in [0.05, 0.1) is 0 Å². The number of benzene rings is 1. The lowest BCUT2D eigenvalue weighted by Gasteiger charge is -2.22. The molecule has 0 saturated heterocycles. The molecular weight excluding hydrogens is 252 g/mol. The molecule has 1 aliphatic heterocycles. The number of carbonyl (C=O) groups is 1. The standard InChI is InChI=1S/C15H16N4O/c16-14-9-8-12(17-18-14)15(20)19-10-4-3-6-11-5-1-2-7-13(11)19/h1-2,5,7-9H,3-4,6,10H2,(H2,16,18). The summed E-state index contributed by atoms with van der Waals surface area (Å²) in [7, 11) is 0. The van der Waals surface area contributed by atoms with Gasteiger partial charge in [0.25, 0.3) is 5.91 Å². The number of aromatic nitrogens is 2. The van der Waals surface area contributed by atoms with E-state index >= 15 is 0 Å². The van der Waals surface area contributed by atoms with Crippen LogP contribution < -0.4 is 10.6 Å². The van der Waals surface area contributed by atoms with E-state index < -0.39 is 0 Å². The maximum atomic E-state index is 12.6. The van der Waals surface area contributed by atoms with Crippen LogP contribution in [-0.4, -0.2) is 22.6 Å². The van der Waals surface area contributed by atoms with E-state index in [2.05, 4.69) is 16.3 Å². The molecule has 0 spiro atoms. The van der Waals surface area contributed by atoms with Crippen LogP contribution in [0.1, 0.15) is 28.9 Å². The van der Waals surface area contributed by atoms with E-state index in [1.165, 1.54) is 5.56 Å². The molecule has 0 atom stereocenters. The van der Waals surface area contributed by atoms with Crippen molar-refractivity contribution < 1.29 is 4.79 Å². The Hall–Kier alpha value is -2.43. The molecule has 2 heterocycles. The second-order valence-corrected chi connectivity index (χ2v) is 4.89. The first-order valence-corrected chi connectivity index (χ1v) is 6.75. The molecule has 1 aromatic carbocycles. The van der Waals surface area contributed by atoms with Crippen molar-refractivity contribution >= 4 is 17.4 Å². The fraction of sp³-hybridized carbons (Fsp3) is 0.267. The highest BCUT2D eigenvalue weighted by atomic mass is 16.2. The van der Waals surface area contributed by atoms with Gasteiger partial charge in [-0.1, -0.05) is 18.2 Å². The van der Waals surface area contributed by atoms with Gasteiger partial charge in [-0.3, -0.25) is 4.79 Å². The minimum atomic E-state index is -0.119. The van der Waals surface area contributed by atoms with E-state index in [9.17, 15) is 4.79 Å². The van der Waals surface area contributed by atoms with Crippen molar-refractivity contribution in [3.63, 3.8) is 0 Å². The van der Waals surface area contributed by atoms with Crippen LogP contribution in [0.2, 0.25) is 0 Å². The van der Waals surface area contributed by atoms with Gasteiger partial charge in [-0.25, -0.2) is 0 Å². The first-order chi connectivity index (χ1) is 9.75. The lowest BCUT2D eigenvalue weighted by Crippen LogP contribution is -2.32. The van der Waals surface area contributed by atoms with Crippen molar-refractivity contribution in [3.8, 4) is 0 Å². The van der Waals surface area contributed by atoms with Gasteiger partial charge >= 0.3 is 0 Å². The molecule has 0 bridgehead atoms. The number of amides is 1. The highest BCUT2D eigenvalue weighted by molar-refractivity contribution is 6.05. The van der Waals surface area contributed by atoms with Crippen LogP contribution in [-0.2, 0) is 6.42 Å². The highest BCUT2D eigenvalue weighted by Gasteiger charge is 2.23. The van der Waals surface area contributed by atoms with Crippen molar-refractivity contribution in [2.45, 2.75) is 19.3 Å². The van der Waals surface area contributed by atoms with Crippen molar-refractivity contribution in [3.05, 3.63) is 47.7 Å². The Bertz CT molecular complexity index is 624. The predicted octanol–water partition coefficient (Wildman–Crippen LogP) is 2.04. The Morgan fingerprint density at radius 1 is 1.10 bits per heavy atom. The van der Waals surface area contributed by atoms with Gasteiger partial charge in [-0.05, 0) is 43.0 Å². The molecular formula is C15H16N4O. The number of nitrogen functional groups attached to an aromatic ring is 1. The fourth-order valence-corrected chi connectivity index (χ4v) is 2.50. The first-order valence-electron chi connectivity index (χ1n) is 6.75. The van der Waals surface area contributed by atoms with E-state index in [-0.39, 0.29) is 5.91 Å². The average molecular weight is 268 g/mol. The number of carbonyl (C=O) groups excluding carboxylic acids is 1. The molecule has 1 aliphatic rings. The third-order valence-electron chi connectivity index (χ3n) is 3.51. The lowest BCUT2D eigenvalue weighted by atomic mass is 10.1. The SMILES string of the molecule is Nc1ccc(C(=O)N2CCCCc3ccccc32)nn1. The number of anilines is 2. The molecule has 0 saturated carbocycles. The van der Waals surface area contributed by atoms with Crippen LogP contribution in [0.25, 0.3) is 0 Å². The summed E-state index contributed by atoms with van der Waals surface area (Å²) in [6.45, 7) is 0.710. The normalized spacial score (nSPS) is 14.5. The number of nitrogens with zero attached hydrogens (tertiary/aromatic N) is 3. The number of fused-ring (bicyclic) bond motifs is 1. The molecule has 5 nitrogen and oxygen atoms in total. The van der Waals surface area contributed by atoms with E-state index in [0.717, 1.165) is 24.9 Å². The molecule has 2 aromatic rings. The Morgan fingerprint density at radius 2 is 1.95 bits per heavy atom. The predicted molar refractivity (Wildman–Crippen MR) is 77.5 cm³/mol. The van der Waals surface area contributed by atoms with Crippen molar-refractivity contribution in [1.29, 1.82) is 0 Å². The molecule has 0 radical (unpaired) electrons. The summed E-state index contributed by atoms with van der Waals surface area (Å²) < 4.78 is 0.